The summed E-state index contributed by atoms with van der Waals surface area (Å²) >= 11 is 0. The van der Waals surface area contributed by atoms with Crippen molar-refractivity contribution in [1.82, 2.24) is 0 Å². The number of rotatable bonds is 4. The molecular formula is C24H30. The first-order valence-corrected chi connectivity index (χ1v) is 8.38. The molecule has 24 heavy (non-hydrogen) atoms. The smallest absolute Gasteiger partial charge is 0.0490 e. The van der Waals surface area contributed by atoms with Gasteiger partial charge >= 0.3 is 0 Å². The van der Waals surface area contributed by atoms with Crippen molar-refractivity contribution >= 4 is 5.57 Å². The molecule has 2 aromatic rings. The third-order valence-electron chi connectivity index (χ3n) is 3.55. The second-order valence-corrected chi connectivity index (χ2v) is 5.27. The van der Waals surface area contributed by atoms with E-state index in [0.717, 1.165) is 12.0 Å². The Hall–Kier alpha value is -2.52. The van der Waals surface area contributed by atoms with Crippen LogP contribution >= 0.6 is 0 Å². The lowest BCUT2D eigenvalue weighted by Gasteiger charge is -2.15. The quantitative estimate of drug-likeness (QED) is 0.429. The largest absolute Gasteiger partial charge is 0.119 e. The van der Waals surface area contributed by atoms with Crippen LogP contribution in [0, 0.1) is 19.3 Å². The van der Waals surface area contributed by atoms with E-state index in [-0.39, 0.29) is 5.92 Å². The van der Waals surface area contributed by atoms with E-state index in [4.69, 9.17) is 6.42 Å². The minimum atomic E-state index is 0.107. The molecule has 0 aliphatic carbocycles. The second-order valence-electron chi connectivity index (χ2n) is 5.27. The number of hydrogen-bond acceptors (Lipinski definition) is 0. The number of hydrogen-bond donors (Lipinski definition) is 0. The molecule has 2 aromatic carbocycles. The number of benzene rings is 2. The summed E-state index contributed by atoms with van der Waals surface area (Å²) < 4.78 is 0. The third kappa shape index (κ3) is 6.31. The maximum atomic E-state index is 5.76. The van der Waals surface area contributed by atoms with Crippen LogP contribution in [0.1, 0.15) is 48.9 Å². The van der Waals surface area contributed by atoms with Gasteiger partial charge in [0.15, 0.2) is 0 Å². The van der Waals surface area contributed by atoms with Crippen LogP contribution in [0.5, 0.6) is 0 Å². The van der Waals surface area contributed by atoms with Gasteiger partial charge in [-0.1, -0.05) is 86.0 Å². The average molecular weight is 319 g/mol. The Kier molecular flexibility index (Phi) is 10.7. The highest BCUT2D eigenvalue weighted by molar-refractivity contribution is 5.64. The predicted molar refractivity (Wildman–Crippen MR) is 110 cm³/mol. The third-order valence-corrected chi connectivity index (χ3v) is 3.55. The van der Waals surface area contributed by atoms with Gasteiger partial charge in [0.1, 0.15) is 0 Å². The second kappa shape index (κ2) is 12.0. The van der Waals surface area contributed by atoms with Gasteiger partial charge in [-0.05, 0) is 37.0 Å². The molecule has 0 unspecified atom stereocenters. The van der Waals surface area contributed by atoms with E-state index >= 15 is 0 Å². The Morgan fingerprint density at radius 3 is 2.25 bits per heavy atom. The van der Waals surface area contributed by atoms with Gasteiger partial charge in [0.05, 0.1) is 0 Å². The molecule has 0 nitrogen and oxygen atoms in total. The molecule has 0 aliphatic rings. The highest BCUT2D eigenvalue weighted by Gasteiger charge is 2.12. The van der Waals surface area contributed by atoms with E-state index in [1.54, 1.807) is 0 Å². The van der Waals surface area contributed by atoms with Crippen LogP contribution < -0.4 is 0 Å². The first-order valence-electron chi connectivity index (χ1n) is 8.38. The molecule has 0 N–H and O–H groups in total. The molecule has 0 heterocycles. The molecular weight excluding hydrogens is 288 g/mol. The molecule has 0 radical (unpaired) electrons. The van der Waals surface area contributed by atoms with Crippen LogP contribution in [0.4, 0.5) is 0 Å². The first-order chi connectivity index (χ1) is 11.6. The van der Waals surface area contributed by atoms with E-state index in [1.165, 1.54) is 22.3 Å². The van der Waals surface area contributed by atoms with Crippen molar-refractivity contribution in [3.05, 3.63) is 90.5 Å². The van der Waals surface area contributed by atoms with Crippen molar-refractivity contribution in [1.29, 1.82) is 0 Å². The fraction of sp³-hybridized carbons (Fsp3) is 0.250. The standard InChI is InChI=1S/C20H20.C2H6.C2H4/c1-5-17(18-11-8-9-16(4)13-18)14-19-10-6-7-12-20(19)15(2)3;2*1-2/h1,6-13,17H,2,14H2,3-4H3;1-2H3;1-2H2/t17-;;/m0../s1. The summed E-state index contributed by atoms with van der Waals surface area (Å²) in [6.07, 6.45) is 6.61. The van der Waals surface area contributed by atoms with E-state index < -0.39 is 0 Å². The molecule has 1 atom stereocenters. The summed E-state index contributed by atoms with van der Waals surface area (Å²) in [5.41, 5.74) is 6.02. The first kappa shape index (κ1) is 21.5. The summed E-state index contributed by atoms with van der Waals surface area (Å²) in [6.45, 7) is 18.2. The van der Waals surface area contributed by atoms with Gasteiger partial charge in [0.2, 0.25) is 0 Å². The van der Waals surface area contributed by atoms with Crippen molar-refractivity contribution in [2.45, 2.75) is 40.0 Å². The van der Waals surface area contributed by atoms with Crippen molar-refractivity contribution in [2.24, 2.45) is 0 Å². The summed E-state index contributed by atoms with van der Waals surface area (Å²) in [6, 6.07) is 16.8. The molecule has 2 rings (SSSR count). The van der Waals surface area contributed by atoms with Gasteiger partial charge in [0, 0.05) is 5.92 Å². The van der Waals surface area contributed by atoms with E-state index in [1.807, 2.05) is 26.8 Å². The van der Waals surface area contributed by atoms with Gasteiger partial charge in [0.25, 0.3) is 0 Å². The molecule has 126 valence electrons. The minimum absolute atomic E-state index is 0.107. The maximum Gasteiger partial charge on any atom is 0.0490 e. The van der Waals surface area contributed by atoms with Crippen LogP contribution in [0.3, 0.4) is 0 Å². The maximum absolute atomic E-state index is 5.76. The van der Waals surface area contributed by atoms with Gasteiger partial charge < -0.3 is 0 Å². The highest BCUT2D eigenvalue weighted by atomic mass is 14.2. The van der Waals surface area contributed by atoms with Crippen molar-refractivity contribution < 1.29 is 0 Å². The molecule has 0 saturated carbocycles. The fourth-order valence-electron chi connectivity index (χ4n) is 2.49. The summed E-state index contributed by atoms with van der Waals surface area (Å²) in [4.78, 5) is 0. The molecule has 0 spiro atoms. The molecule has 0 aromatic heterocycles. The Bertz CT molecular complexity index is 670. The average Bonchev–Trinajstić information content (AvgIpc) is 2.63. The van der Waals surface area contributed by atoms with Crippen molar-refractivity contribution in [2.75, 3.05) is 0 Å². The summed E-state index contributed by atoms with van der Waals surface area (Å²) in [7, 11) is 0. The Morgan fingerprint density at radius 1 is 1.08 bits per heavy atom. The Balaban J connectivity index is 0.00000123. The van der Waals surface area contributed by atoms with Gasteiger partial charge in [-0.2, -0.15) is 0 Å². The zero-order valence-corrected chi connectivity index (χ0v) is 15.6. The number of aryl methyl sites for hydroxylation is 1. The predicted octanol–water partition coefficient (Wildman–Crippen LogP) is 6.82. The summed E-state index contributed by atoms with van der Waals surface area (Å²) in [5, 5.41) is 0. The van der Waals surface area contributed by atoms with Crippen LogP contribution in [-0.4, -0.2) is 0 Å². The minimum Gasteiger partial charge on any atom is -0.119 e. The van der Waals surface area contributed by atoms with Crippen molar-refractivity contribution in [3.63, 3.8) is 0 Å². The van der Waals surface area contributed by atoms with E-state index in [9.17, 15) is 0 Å². The monoisotopic (exact) mass is 318 g/mol. The molecule has 0 aliphatic heterocycles. The van der Waals surface area contributed by atoms with Crippen LogP contribution in [0.15, 0.2) is 68.3 Å². The normalized spacial score (nSPS) is 10.1. The molecule has 0 saturated heterocycles. The van der Waals surface area contributed by atoms with Gasteiger partial charge in [-0.3, -0.25) is 0 Å². The van der Waals surface area contributed by atoms with Crippen molar-refractivity contribution in [3.8, 4) is 12.3 Å². The molecule has 0 bridgehead atoms. The van der Waals surface area contributed by atoms with Gasteiger partial charge in [-0.25, -0.2) is 0 Å². The highest BCUT2D eigenvalue weighted by Crippen LogP contribution is 2.25. The van der Waals surface area contributed by atoms with Crippen LogP contribution in [-0.2, 0) is 6.42 Å². The Labute approximate surface area is 148 Å². The number of terminal acetylenes is 1. The number of allylic oxidation sites excluding steroid dienone is 1. The van der Waals surface area contributed by atoms with Crippen LogP contribution in [0.2, 0.25) is 0 Å². The molecule has 0 fully saturated rings. The SMILES string of the molecule is C#C[C@@H](Cc1ccccc1C(=C)C)c1cccc(C)c1.C=C.CC. The molecule has 0 amide bonds. The lowest BCUT2D eigenvalue weighted by Crippen LogP contribution is -2.03. The molecule has 0 heteroatoms. The van der Waals surface area contributed by atoms with E-state index in [2.05, 4.69) is 75.0 Å². The Morgan fingerprint density at radius 2 is 1.71 bits per heavy atom. The summed E-state index contributed by atoms with van der Waals surface area (Å²) in [5.74, 6) is 3.04. The topological polar surface area (TPSA) is 0 Å². The fourth-order valence-corrected chi connectivity index (χ4v) is 2.49. The zero-order valence-electron chi connectivity index (χ0n) is 15.6. The lowest BCUT2D eigenvalue weighted by atomic mass is 9.88. The van der Waals surface area contributed by atoms with E-state index in [0.29, 0.717) is 0 Å². The van der Waals surface area contributed by atoms with Crippen LogP contribution in [0.25, 0.3) is 5.57 Å². The zero-order chi connectivity index (χ0) is 18.5. The van der Waals surface area contributed by atoms with Gasteiger partial charge in [-0.15, -0.1) is 19.6 Å². The lowest BCUT2D eigenvalue weighted by molar-refractivity contribution is 0.859.